The Morgan fingerprint density at radius 1 is 1.11 bits per heavy atom. The normalized spacial score (nSPS) is 10.1. The van der Waals surface area contributed by atoms with E-state index in [9.17, 15) is 8.78 Å². The summed E-state index contributed by atoms with van der Waals surface area (Å²) in [7, 11) is 0. The molecule has 0 unspecified atom stereocenters. The molecule has 0 aromatic heterocycles. The van der Waals surface area contributed by atoms with Crippen LogP contribution in [-0.2, 0) is 0 Å². The fraction of sp³-hybridized carbons (Fsp3) is 0.462. The Balaban J connectivity index is 2.44. The summed E-state index contributed by atoms with van der Waals surface area (Å²) in [5.74, 6) is -2.12. The van der Waals surface area contributed by atoms with Crippen LogP contribution in [0, 0.1) is 23.0 Å². The Morgan fingerprint density at radius 3 is 2.50 bits per heavy atom. The molecule has 0 aliphatic carbocycles. The summed E-state index contributed by atoms with van der Waals surface area (Å²) in [6, 6.07) is 4.21. The predicted molar refractivity (Wildman–Crippen MR) is 65.1 cm³/mol. The summed E-state index contributed by atoms with van der Waals surface area (Å²) >= 11 is 0. The SMILES string of the molecule is N#Cc1ccc(NCCCCCCO)c(F)c1F. The molecule has 0 amide bonds. The molecule has 1 aromatic carbocycles. The van der Waals surface area contributed by atoms with E-state index in [0.717, 1.165) is 25.7 Å². The average molecular weight is 254 g/mol. The average Bonchev–Trinajstić information content (AvgIpc) is 2.38. The smallest absolute Gasteiger partial charge is 0.183 e. The maximum atomic E-state index is 13.5. The van der Waals surface area contributed by atoms with Gasteiger partial charge in [0.05, 0.1) is 11.3 Å². The van der Waals surface area contributed by atoms with E-state index in [2.05, 4.69) is 5.32 Å². The maximum Gasteiger partial charge on any atom is 0.183 e. The molecule has 0 spiro atoms. The van der Waals surface area contributed by atoms with E-state index in [4.69, 9.17) is 10.4 Å². The molecule has 18 heavy (non-hydrogen) atoms. The summed E-state index contributed by atoms with van der Waals surface area (Å²) in [5, 5.41) is 19.9. The third-order valence-electron chi connectivity index (χ3n) is 2.60. The highest BCUT2D eigenvalue weighted by Crippen LogP contribution is 2.20. The summed E-state index contributed by atoms with van der Waals surface area (Å²) < 4.78 is 26.7. The van der Waals surface area contributed by atoms with Crippen LogP contribution in [0.2, 0.25) is 0 Å². The number of aliphatic hydroxyl groups excluding tert-OH is 1. The number of rotatable bonds is 7. The van der Waals surface area contributed by atoms with Gasteiger partial charge < -0.3 is 10.4 Å². The van der Waals surface area contributed by atoms with Gasteiger partial charge >= 0.3 is 0 Å². The Labute approximate surface area is 105 Å². The van der Waals surface area contributed by atoms with Crippen molar-refractivity contribution < 1.29 is 13.9 Å². The first-order valence-electron chi connectivity index (χ1n) is 5.93. The number of nitriles is 1. The number of halogens is 2. The quantitative estimate of drug-likeness (QED) is 0.736. The summed E-state index contributed by atoms with van der Waals surface area (Å²) in [6.07, 6.45) is 3.43. The van der Waals surface area contributed by atoms with Crippen molar-refractivity contribution in [2.75, 3.05) is 18.5 Å². The lowest BCUT2D eigenvalue weighted by molar-refractivity contribution is 0.283. The van der Waals surface area contributed by atoms with Crippen molar-refractivity contribution in [2.45, 2.75) is 25.7 Å². The van der Waals surface area contributed by atoms with Gasteiger partial charge in [0.2, 0.25) is 0 Å². The van der Waals surface area contributed by atoms with Gasteiger partial charge in [-0.2, -0.15) is 5.26 Å². The van der Waals surface area contributed by atoms with Gasteiger partial charge in [-0.3, -0.25) is 0 Å². The minimum Gasteiger partial charge on any atom is -0.396 e. The van der Waals surface area contributed by atoms with Crippen LogP contribution >= 0.6 is 0 Å². The first-order valence-corrected chi connectivity index (χ1v) is 5.93. The van der Waals surface area contributed by atoms with Gasteiger partial charge in [-0.1, -0.05) is 12.8 Å². The summed E-state index contributed by atoms with van der Waals surface area (Å²) in [5.41, 5.74) is -0.213. The third-order valence-corrected chi connectivity index (χ3v) is 2.60. The lowest BCUT2D eigenvalue weighted by atomic mass is 10.1. The van der Waals surface area contributed by atoms with Crippen LogP contribution in [0.15, 0.2) is 12.1 Å². The molecule has 98 valence electrons. The second kappa shape index (κ2) is 7.62. The molecule has 3 nitrogen and oxygen atoms in total. The van der Waals surface area contributed by atoms with Crippen LogP contribution in [0.25, 0.3) is 0 Å². The van der Waals surface area contributed by atoms with E-state index in [1.54, 1.807) is 6.07 Å². The van der Waals surface area contributed by atoms with Crippen LogP contribution < -0.4 is 5.32 Å². The highest BCUT2D eigenvalue weighted by atomic mass is 19.2. The van der Waals surface area contributed by atoms with Crippen LogP contribution in [-0.4, -0.2) is 18.3 Å². The number of hydrogen-bond donors (Lipinski definition) is 2. The van der Waals surface area contributed by atoms with E-state index in [-0.39, 0.29) is 17.9 Å². The first kappa shape index (κ1) is 14.4. The van der Waals surface area contributed by atoms with Crippen LogP contribution in [0.3, 0.4) is 0 Å². The minimum atomic E-state index is -1.11. The van der Waals surface area contributed by atoms with Gasteiger partial charge in [-0.25, -0.2) is 8.78 Å². The van der Waals surface area contributed by atoms with Crippen molar-refractivity contribution in [3.05, 3.63) is 29.3 Å². The van der Waals surface area contributed by atoms with E-state index in [0.29, 0.717) is 6.54 Å². The predicted octanol–water partition coefficient (Wildman–Crippen LogP) is 2.80. The third kappa shape index (κ3) is 3.97. The molecule has 0 radical (unpaired) electrons. The molecule has 1 rings (SSSR count). The van der Waals surface area contributed by atoms with Crippen LogP contribution in [0.1, 0.15) is 31.2 Å². The van der Waals surface area contributed by atoms with Gasteiger partial charge in [-0.05, 0) is 25.0 Å². The fourth-order valence-electron chi connectivity index (χ4n) is 1.59. The zero-order valence-electron chi connectivity index (χ0n) is 10.0. The lowest BCUT2D eigenvalue weighted by Gasteiger charge is -2.08. The largest absolute Gasteiger partial charge is 0.396 e. The molecule has 0 saturated carbocycles. The van der Waals surface area contributed by atoms with Crippen molar-refractivity contribution in [1.82, 2.24) is 0 Å². The van der Waals surface area contributed by atoms with Gasteiger partial charge in [0.15, 0.2) is 11.6 Å². The van der Waals surface area contributed by atoms with Crippen LogP contribution in [0.5, 0.6) is 0 Å². The van der Waals surface area contributed by atoms with Gasteiger partial charge in [0.1, 0.15) is 6.07 Å². The Hall–Kier alpha value is -1.67. The molecule has 0 aliphatic rings. The van der Waals surface area contributed by atoms with Crippen molar-refractivity contribution in [2.24, 2.45) is 0 Å². The number of anilines is 1. The van der Waals surface area contributed by atoms with E-state index < -0.39 is 11.6 Å². The molecule has 0 atom stereocenters. The number of nitrogens with one attached hydrogen (secondary N) is 1. The van der Waals surface area contributed by atoms with Gasteiger partial charge in [0, 0.05) is 13.2 Å². The Morgan fingerprint density at radius 2 is 1.83 bits per heavy atom. The molecule has 0 saturated heterocycles. The Bertz CT molecular complexity index is 430. The summed E-state index contributed by atoms with van der Waals surface area (Å²) in [6.45, 7) is 0.719. The molecule has 0 aliphatic heterocycles. The maximum absolute atomic E-state index is 13.5. The van der Waals surface area contributed by atoms with Crippen molar-refractivity contribution >= 4 is 5.69 Å². The van der Waals surface area contributed by atoms with Crippen molar-refractivity contribution in [3.63, 3.8) is 0 Å². The molecule has 0 fully saturated rings. The van der Waals surface area contributed by atoms with Gasteiger partial charge in [0.25, 0.3) is 0 Å². The minimum absolute atomic E-state index is 0.0775. The van der Waals surface area contributed by atoms with E-state index >= 15 is 0 Å². The second-order valence-electron chi connectivity index (χ2n) is 3.97. The zero-order chi connectivity index (χ0) is 13.4. The Kier molecular flexibility index (Phi) is 6.09. The zero-order valence-corrected chi connectivity index (χ0v) is 10.0. The second-order valence-corrected chi connectivity index (χ2v) is 3.97. The molecule has 1 aromatic rings. The van der Waals surface area contributed by atoms with E-state index in [1.807, 2.05) is 0 Å². The first-order chi connectivity index (χ1) is 8.70. The lowest BCUT2D eigenvalue weighted by Crippen LogP contribution is -2.05. The van der Waals surface area contributed by atoms with Gasteiger partial charge in [-0.15, -0.1) is 0 Å². The summed E-state index contributed by atoms with van der Waals surface area (Å²) in [4.78, 5) is 0. The number of aliphatic hydroxyl groups is 1. The molecule has 0 heterocycles. The molecule has 2 N–H and O–H groups in total. The standard InChI is InChI=1S/C13H16F2N2O/c14-12-10(9-16)5-6-11(13(12)15)17-7-3-1-2-4-8-18/h5-6,17-18H,1-4,7-8H2. The molecular formula is C13H16F2N2O. The topological polar surface area (TPSA) is 56.0 Å². The fourth-order valence-corrected chi connectivity index (χ4v) is 1.59. The number of benzene rings is 1. The molecule has 5 heteroatoms. The monoisotopic (exact) mass is 254 g/mol. The highest BCUT2D eigenvalue weighted by molar-refractivity contribution is 5.49. The molecular weight excluding hydrogens is 238 g/mol. The van der Waals surface area contributed by atoms with E-state index in [1.165, 1.54) is 12.1 Å². The number of nitrogens with zero attached hydrogens (tertiary/aromatic N) is 1. The van der Waals surface area contributed by atoms with Crippen LogP contribution in [0.4, 0.5) is 14.5 Å². The molecule has 0 bridgehead atoms. The van der Waals surface area contributed by atoms with Crippen molar-refractivity contribution in [3.8, 4) is 6.07 Å². The number of unbranched alkanes of at least 4 members (excludes halogenated alkanes) is 3. The van der Waals surface area contributed by atoms with Crippen molar-refractivity contribution in [1.29, 1.82) is 5.26 Å². The number of hydrogen-bond acceptors (Lipinski definition) is 3. The highest BCUT2D eigenvalue weighted by Gasteiger charge is 2.12.